The van der Waals surface area contributed by atoms with Crippen molar-refractivity contribution in [1.82, 2.24) is 15.0 Å². The molecular weight excluding hydrogens is 526 g/mol. The minimum Gasteiger partial charge on any atom is -0.456 e. The average Bonchev–Trinajstić information content (AvgIpc) is 3.44. The molecule has 0 N–H and O–H groups in total. The number of fused-ring (bicyclic) bond motifs is 6. The Balaban J connectivity index is 1.34. The minimum absolute atomic E-state index is 0.613. The van der Waals surface area contributed by atoms with Crippen LogP contribution < -0.4 is 0 Å². The summed E-state index contributed by atoms with van der Waals surface area (Å²) in [5.74, 6) is 1.89. The molecule has 0 aliphatic heterocycles. The number of aromatic nitrogens is 3. The molecule has 4 nitrogen and oxygen atoms in total. The quantitative estimate of drug-likeness (QED) is 0.220. The van der Waals surface area contributed by atoms with Crippen LogP contribution in [0.1, 0.15) is 0 Å². The average molecular weight is 550 g/mol. The normalized spacial score (nSPS) is 11.7. The van der Waals surface area contributed by atoms with E-state index in [1.807, 2.05) is 12.1 Å². The lowest BCUT2D eigenvalue weighted by molar-refractivity contribution is 0.669. The molecule has 9 aromatic rings. The smallest absolute Gasteiger partial charge is 0.164 e. The van der Waals surface area contributed by atoms with Crippen molar-refractivity contribution in [3.8, 4) is 34.2 Å². The number of hydrogen-bond donors (Lipinski definition) is 0. The van der Waals surface area contributed by atoms with Crippen LogP contribution in [0.3, 0.4) is 0 Å². The van der Waals surface area contributed by atoms with Gasteiger partial charge in [-0.2, -0.15) is 0 Å². The largest absolute Gasteiger partial charge is 0.456 e. The van der Waals surface area contributed by atoms with E-state index in [1.165, 1.54) is 5.39 Å². The summed E-state index contributed by atoms with van der Waals surface area (Å²) in [6.45, 7) is 0. The van der Waals surface area contributed by atoms with E-state index in [9.17, 15) is 0 Å². The maximum Gasteiger partial charge on any atom is 0.164 e. The van der Waals surface area contributed by atoms with E-state index >= 15 is 0 Å². The second-order valence-electron chi connectivity index (χ2n) is 10.9. The van der Waals surface area contributed by atoms with Crippen LogP contribution >= 0.6 is 0 Å². The highest BCUT2D eigenvalue weighted by molar-refractivity contribution is 6.15. The first kappa shape index (κ1) is 23.8. The first-order valence-electron chi connectivity index (χ1n) is 14.4. The van der Waals surface area contributed by atoms with Crippen LogP contribution in [0.2, 0.25) is 0 Å². The van der Waals surface area contributed by atoms with Crippen molar-refractivity contribution >= 4 is 54.3 Å². The monoisotopic (exact) mass is 549 g/mol. The molecule has 200 valence electrons. The molecule has 4 heteroatoms. The molecule has 0 aliphatic carbocycles. The summed E-state index contributed by atoms with van der Waals surface area (Å²) >= 11 is 0. The molecule has 0 bridgehead atoms. The number of nitrogens with zero attached hydrogens (tertiary/aromatic N) is 3. The minimum atomic E-state index is 0.613. The van der Waals surface area contributed by atoms with Gasteiger partial charge in [0.25, 0.3) is 0 Å². The molecule has 2 aromatic heterocycles. The van der Waals surface area contributed by atoms with Gasteiger partial charge in [-0.25, -0.2) is 15.0 Å². The van der Waals surface area contributed by atoms with Gasteiger partial charge in [-0.15, -0.1) is 0 Å². The summed E-state index contributed by atoms with van der Waals surface area (Å²) in [6, 6.07) is 48.1. The summed E-state index contributed by atoms with van der Waals surface area (Å²) in [7, 11) is 0. The molecule has 43 heavy (non-hydrogen) atoms. The molecule has 0 saturated heterocycles. The van der Waals surface area contributed by atoms with E-state index in [-0.39, 0.29) is 0 Å². The fourth-order valence-corrected chi connectivity index (χ4v) is 6.19. The molecular formula is C39H23N3O. The van der Waals surface area contributed by atoms with Gasteiger partial charge >= 0.3 is 0 Å². The van der Waals surface area contributed by atoms with Gasteiger partial charge in [-0.1, -0.05) is 115 Å². The highest BCUT2D eigenvalue weighted by Gasteiger charge is 2.19. The molecule has 0 aliphatic rings. The summed E-state index contributed by atoms with van der Waals surface area (Å²) < 4.78 is 6.39. The van der Waals surface area contributed by atoms with Crippen molar-refractivity contribution in [1.29, 1.82) is 0 Å². The summed E-state index contributed by atoms with van der Waals surface area (Å²) in [4.78, 5) is 15.3. The zero-order chi connectivity index (χ0) is 28.3. The van der Waals surface area contributed by atoms with Crippen LogP contribution in [0, 0.1) is 0 Å². The molecule has 0 fully saturated rings. The Morgan fingerprint density at radius 1 is 0.372 bits per heavy atom. The van der Waals surface area contributed by atoms with Crippen LogP contribution in [-0.2, 0) is 0 Å². The first-order valence-corrected chi connectivity index (χ1v) is 14.4. The third-order valence-corrected chi connectivity index (χ3v) is 8.28. The molecule has 0 spiro atoms. The highest BCUT2D eigenvalue weighted by Crippen LogP contribution is 2.39. The van der Waals surface area contributed by atoms with Crippen molar-refractivity contribution in [2.45, 2.75) is 0 Å². The third-order valence-electron chi connectivity index (χ3n) is 8.28. The topological polar surface area (TPSA) is 51.8 Å². The standard InChI is InChI=1S/C39H23N3O/c1-2-11-26-21-29(20-19-24(26)9-1)37-40-38(31-16-7-14-25-10-5-6-15-30(25)31)42-39(41-37)32-17-8-18-34-36(32)33-22-27-12-3-4-13-28(27)23-35(33)43-34/h1-23H. The molecule has 0 saturated carbocycles. The van der Waals surface area contributed by atoms with Crippen LogP contribution in [0.4, 0.5) is 0 Å². The Morgan fingerprint density at radius 3 is 1.81 bits per heavy atom. The number of hydrogen-bond acceptors (Lipinski definition) is 4. The third kappa shape index (κ3) is 3.88. The lowest BCUT2D eigenvalue weighted by Gasteiger charge is -2.11. The molecule has 0 unspecified atom stereocenters. The number of furan rings is 1. The van der Waals surface area contributed by atoms with Crippen molar-refractivity contribution in [3.63, 3.8) is 0 Å². The van der Waals surface area contributed by atoms with Crippen LogP contribution in [0.5, 0.6) is 0 Å². The van der Waals surface area contributed by atoms with E-state index in [1.54, 1.807) is 0 Å². The molecule has 0 atom stereocenters. The summed E-state index contributed by atoms with van der Waals surface area (Å²) in [6.07, 6.45) is 0. The van der Waals surface area contributed by atoms with Gasteiger partial charge in [0.05, 0.1) is 0 Å². The van der Waals surface area contributed by atoms with Crippen LogP contribution in [-0.4, -0.2) is 15.0 Å². The van der Waals surface area contributed by atoms with E-state index in [0.717, 1.165) is 65.6 Å². The second kappa shape index (κ2) is 9.33. The molecule has 2 heterocycles. The Labute approximate surface area is 246 Å². The van der Waals surface area contributed by atoms with Crippen molar-refractivity contribution in [2.75, 3.05) is 0 Å². The zero-order valence-corrected chi connectivity index (χ0v) is 23.0. The zero-order valence-electron chi connectivity index (χ0n) is 23.0. The molecule has 0 radical (unpaired) electrons. The molecule has 9 rings (SSSR count). The van der Waals surface area contributed by atoms with E-state index < -0.39 is 0 Å². The maximum absolute atomic E-state index is 6.39. The second-order valence-corrected chi connectivity index (χ2v) is 10.9. The van der Waals surface area contributed by atoms with Crippen LogP contribution in [0.25, 0.3) is 88.4 Å². The van der Waals surface area contributed by atoms with Crippen molar-refractivity contribution in [2.24, 2.45) is 0 Å². The van der Waals surface area contributed by atoms with E-state index in [0.29, 0.717) is 17.5 Å². The van der Waals surface area contributed by atoms with Gasteiger partial charge < -0.3 is 4.42 Å². The Kier molecular flexibility index (Phi) is 5.16. The SMILES string of the molecule is c1ccc2cc(-c3nc(-c4cccc5ccccc45)nc(-c4cccc5oc6cc7ccccc7cc6c45)n3)ccc2c1. The van der Waals surface area contributed by atoms with Gasteiger partial charge in [-0.3, -0.25) is 0 Å². The number of benzene rings is 7. The Hall–Kier alpha value is -5.87. The molecule has 7 aromatic carbocycles. The lowest BCUT2D eigenvalue weighted by atomic mass is 10.0. The van der Waals surface area contributed by atoms with Gasteiger partial charge in [0.2, 0.25) is 0 Å². The molecule has 0 amide bonds. The Morgan fingerprint density at radius 2 is 0.977 bits per heavy atom. The Bertz CT molecular complexity index is 2520. The fraction of sp³-hybridized carbons (Fsp3) is 0. The summed E-state index contributed by atoms with van der Waals surface area (Å²) in [5.41, 5.74) is 4.48. The first-order chi connectivity index (χ1) is 21.3. The summed E-state index contributed by atoms with van der Waals surface area (Å²) in [5, 5.41) is 8.92. The number of rotatable bonds is 3. The van der Waals surface area contributed by atoms with Gasteiger partial charge in [0.15, 0.2) is 17.5 Å². The highest BCUT2D eigenvalue weighted by atomic mass is 16.3. The van der Waals surface area contributed by atoms with Crippen LogP contribution in [0.15, 0.2) is 144 Å². The fourth-order valence-electron chi connectivity index (χ4n) is 6.19. The van der Waals surface area contributed by atoms with Gasteiger partial charge in [0.1, 0.15) is 11.2 Å². The van der Waals surface area contributed by atoms with Gasteiger partial charge in [0, 0.05) is 27.5 Å². The van der Waals surface area contributed by atoms with Crippen molar-refractivity contribution < 1.29 is 4.42 Å². The van der Waals surface area contributed by atoms with Crippen molar-refractivity contribution in [3.05, 3.63) is 140 Å². The lowest BCUT2D eigenvalue weighted by Crippen LogP contribution is -2.01. The maximum atomic E-state index is 6.39. The van der Waals surface area contributed by atoms with Gasteiger partial charge in [-0.05, 0) is 56.6 Å². The van der Waals surface area contributed by atoms with E-state index in [2.05, 4.69) is 127 Å². The predicted octanol–water partition coefficient (Wildman–Crippen LogP) is 10.2. The van der Waals surface area contributed by atoms with E-state index in [4.69, 9.17) is 19.4 Å². The predicted molar refractivity (Wildman–Crippen MR) is 176 cm³/mol.